The lowest BCUT2D eigenvalue weighted by molar-refractivity contribution is -0.159. The fraction of sp³-hybridized carbons (Fsp3) is 0.833. The highest BCUT2D eigenvalue weighted by Crippen LogP contribution is 2.17. The summed E-state index contributed by atoms with van der Waals surface area (Å²) in [7, 11) is 0. The molecule has 0 aromatic heterocycles. The molecule has 0 radical (unpaired) electrons. The molecule has 0 rings (SSSR count). The normalized spacial score (nSPS) is 15.6. The molecule has 0 aromatic rings. The summed E-state index contributed by atoms with van der Waals surface area (Å²) in [6, 6.07) is 0. The number of ether oxygens (including phenoxy) is 1. The summed E-state index contributed by atoms with van der Waals surface area (Å²) in [5, 5.41) is 0. The first kappa shape index (κ1) is 14.1. The molecule has 0 aromatic carbocycles. The minimum atomic E-state index is -0.454. The van der Waals surface area contributed by atoms with Gasteiger partial charge in [0, 0.05) is 5.92 Å². The lowest BCUT2D eigenvalue weighted by Crippen LogP contribution is -2.29. The first-order valence-corrected chi connectivity index (χ1v) is 5.37. The second-order valence-electron chi connectivity index (χ2n) is 5.18. The van der Waals surface area contributed by atoms with Crippen LogP contribution in [-0.2, 0) is 14.3 Å². The van der Waals surface area contributed by atoms with E-state index in [9.17, 15) is 9.59 Å². The standard InChI is InChI=1S/C12H22O3/c1-8(10(3)13)7-9(2)11(14)15-12(4,5)6/h8-9H,7H2,1-6H3. The van der Waals surface area contributed by atoms with Crippen molar-refractivity contribution in [2.45, 2.75) is 53.6 Å². The smallest absolute Gasteiger partial charge is 0.309 e. The average molecular weight is 214 g/mol. The monoisotopic (exact) mass is 214 g/mol. The van der Waals surface area contributed by atoms with Crippen molar-refractivity contribution < 1.29 is 14.3 Å². The van der Waals surface area contributed by atoms with Gasteiger partial charge in [0.15, 0.2) is 0 Å². The van der Waals surface area contributed by atoms with Crippen molar-refractivity contribution >= 4 is 11.8 Å². The molecule has 0 bridgehead atoms. The molecule has 3 heteroatoms. The molecule has 15 heavy (non-hydrogen) atoms. The molecule has 0 fully saturated rings. The predicted molar refractivity (Wildman–Crippen MR) is 59.5 cm³/mol. The molecule has 88 valence electrons. The minimum Gasteiger partial charge on any atom is -0.460 e. The molecule has 0 N–H and O–H groups in total. The predicted octanol–water partition coefficient (Wildman–Crippen LogP) is 2.58. The van der Waals surface area contributed by atoms with E-state index in [4.69, 9.17) is 4.74 Å². The minimum absolute atomic E-state index is 0.0764. The van der Waals surface area contributed by atoms with Gasteiger partial charge in [-0.3, -0.25) is 9.59 Å². The largest absolute Gasteiger partial charge is 0.460 e. The Bertz CT molecular complexity index is 238. The molecule has 0 aliphatic rings. The van der Waals surface area contributed by atoms with Gasteiger partial charge in [-0.25, -0.2) is 0 Å². The van der Waals surface area contributed by atoms with Crippen LogP contribution in [0.15, 0.2) is 0 Å². The van der Waals surface area contributed by atoms with Gasteiger partial charge < -0.3 is 4.74 Å². The van der Waals surface area contributed by atoms with Gasteiger partial charge in [0.05, 0.1) is 5.92 Å². The van der Waals surface area contributed by atoms with Crippen molar-refractivity contribution in [3.8, 4) is 0 Å². The van der Waals surface area contributed by atoms with E-state index in [0.29, 0.717) is 6.42 Å². The quantitative estimate of drug-likeness (QED) is 0.675. The SMILES string of the molecule is CC(=O)C(C)CC(C)C(=O)OC(C)(C)C. The van der Waals surface area contributed by atoms with Crippen LogP contribution in [0.5, 0.6) is 0 Å². The first-order chi connectivity index (χ1) is 6.63. The lowest BCUT2D eigenvalue weighted by Gasteiger charge is -2.23. The van der Waals surface area contributed by atoms with Gasteiger partial charge in [-0.2, -0.15) is 0 Å². The van der Waals surface area contributed by atoms with Crippen molar-refractivity contribution in [3.05, 3.63) is 0 Å². The molecule has 0 aliphatic carbocycles. The number of carbonyl (C=O) groups excluding carboxylic acids is 2. The molecule has 0 heterocycles. The third-order valence-corrected chi connectivity index (χ3v) is 2.21. The van der Waals surface area contributed by atoms with Crippen LogP contribution in [0.2, 0.25) is 0 Å². The van der Waals surface area contributed by atoms with Crippen LogP contribution in [0.25, 0.3) is 0 Å². The molecule has 0 aliphatic heterocycles. The van der Waals surface area contributed by atoms with Crippen molar-refractivity contribution in [3.63, 3.8) is 0 Å². The Balaban J connectivity index is 4.17. The van der Waals surface area contributed by atoms with Crippen molar-refractivity contribution in [1.82, 2.24) is 0 Å². The second-order valence-corrected chi connectivity index (χ2v) is 5.18. The fourth-order valence-corrected chi connectivity index (χ4v) is 1.19. The average Bonchev–Trinajstić information content (AvgIpc) is 2.00. The number of carbonyl (C=O) groups is 2. The summed E-state index contributed by atoms with van der Waals surface area (Å²) in [6.45, 7) is 10.7. The molecule has 0 saturated heterocycles. The van der Waals surface area contributed by atoms with E-state index in [1.165, 1.54) is 0 Å². The summed E-state index contributed by atoms with van der Waals surface area (Å²) in [4.78, 5) is 22.6. The van der Waals surface area contributed by atoms with Gasteiger partial charge in [0.2, 0.25) is 0 Å². The summed E-state index contributed by atoms with van der Waals surface area (Å²) in [5.74, 6) is -0.406. The third kappa shape index (κ3) is 6.26. The maximum absolute atomic E-state index is 11.6. The summed E-state index contributed by atoms with van der Waals surface area (Å²) >= 11 is 0. The maximum Gasteiger partial charge on any atom is 0.309 e. The van der Waals surface area contributed by atoms with E-state index in [1.54, 1.807) is 13.8 Å². The maximum atomic E-state index is 11.6. The highest BCUT2D eigenvalue weighted by Gasteiger charge is 2.24. The van der Waals surface area contributed by atoms with Gasteiger partial charge in [-0.1, -0.05) is 13.8 Å². The van der Waals surface area contributed by atoms with E-state index >= 15 is 0 Å². The second kappa shape index (κ2) is 5.29. The molecule has 0 saturated carbocycles. The molecule has 2 unspecified atom stereocenters. The van der Waals surface area contributed by atoms with Crippen molar-refractivity contribution in [2.24, 2.45) is 11.8 Å². The molecule has 0 spiro atoms. The van der Waals surface area contributed by atoms with Crippen LogP contribution in [-0.4, -0.2) is 17.4 Å². The van der Waals surface area contributed by atoms with E-state index in [1.807, 2.05) is 27.7 Å². The van der Waals surface area contributed by atoms with E-state index in [0.717, 1.165) is 0 Å². The first-order valence-electron chi connectivity index (χ1n) is 5.37. The summed E-state index contributed by atoms with van der Waals surface area (Å²) < 4.78 is 5.23. The zero-order valence-corrected chi connectivity index (χ0v) is 10.6. The van der Waals surface area contributed by atoms with Gasteiger partial charge in [-0.05, 0) is 34.1 Å². The van der Waals surface area contributed by atoms with E-state index in [-0.39, 0.29) is 23.6 Å². The zero-order valence-electron chi connectivity index (χ0n) is 10.6. The number of esters is 1. The highest BCUT2D eigenvalue weighted by atomic mass is 16.6. The topological polar surface area (TPSA) is 43.4 Å². The van der Waals surface area contributed by atoms with E-state index in [2.05, 4.69) is 0 Å². The lowest BCUT2D eigenvalue weighted by atomic mass is 9.94. The summed E-state index contributed by atoms with van der Waals surface area (Å²) in [6.07, 6.45) is 0.560. The van der Waals surface area contributed by atoms with Gasteiger partial charge in [-0.15, -0.1) is 0 Å². The van der Waals surface area contributed by atoms with Crippen molar-refractivity contribution in [1.29, 1.82) is 0 Å². The Morgan fingerprint density at radius 3 is 1.93 bits per heavy atom. The van der Waals surface area contributed by atoms with Gasteiger partial charge >= 0.3 is 5.97 Å². The molecular weight excluding hydrogens is 192 g/mol. The zero-order chi connectivity index (χ0) is 12.2. The van der Waals surface area contributed by atoms with Crippen molar-refractivity contribution in [2.75, 3.05) is 0 Å². The van der Waals surface area contributed by atoms with Crippen LogP contribution < -0.4 is 0 Å². The van der Waals surface area contributed by atoms with E-state index < -0.39 is 5.60 Å². The fourth-order valence-electron chi connectivity index (χ4n) is 1.19. The Morgan fingerprint density at radius 2 is 1.60 bits per heavy atom. The molecule has 3 nitrogen and oxygen atoms in total. The van der Waals surface area contributed by atoms with Gasteiger partial charge in [0.25, 0.3) is 0 Å². The van der Waals surface area contributed by atoms with Crippen LogP contribution in [0.1, 0.15) is 48.0 Å². The number of ketones is 1. The molecular formula is C12H22O3. The molecule has 0 amide bonds. The Labute approximate surface area is 92.2 Å². The Hall–Kier alpha value is -0.860. The summed E-state index contributed by atoms with van der Waals surface area (Å²) in [5.41, 5.74) is -0.454. The number of hydrogen-bond acceptors (Lipinski definition) is 3. The number of Topliss-reactive ketones (excluding diaryl/α,β-unsaturated/α-hetero) is 1. The van der Waals surface area contributed by atoms with Crippen LogP contribution in [0.3, 0.4) is 0 Å². The number of rotatable bonds is 4. The van der Waals surface area contributed by atoms with Crippen LogP contribution in [0, 0.1) is 11.8 Å². The van der Waals surface area contributed by atoms with Crippen LogP contribution >= 0.6 is 0 Å². The van der Waals surface area contributed by atoms with Gasteiger partial charge in [0.1, 0.15) is 11.4 Å². The Morgan fingerprint density at radius 1 is 1.13 bits per heavy atom. The molecule has 2 atom stereocenters. The number of hydrogen-bond donors (Lipinski definition) is 0. The Kier molecular flexibility index (Phi) is 4.98. The third-order valence-electron chi connectivity index (χ3n) is 2.21. The highest BCUT2D eigenvalue weighted by molar-refractivity contribution is 5.79. The van der Waals surface area contributed by atoms with Crippen LogP contribution in [0.4, 0.5) is 0 Å².